The molecule has 2 aromatic carbocycles. The average Bonchev–Trinajstić information content (AvgIpc) is 3.21. The zero-order valence-electron chi connectivity index (χ0n) is 13.9. The lowest BCUT2D eigenvalue weighted by Crippen LogP contribution is -2.27. The SMILES string of the molecule is COc1cc(/C=C2\SC(=S)N(c3ccc4c(c3)OCO4)C2=O)cc(Br)c1O. The molecule has 2 aliphatic rings. The molecule has 6 nitrogen and oxygen atoms in total. The molecule has 9 heteroatoms. The molecule has 2 aliphatic heterocycles. The van der Waals surface area contributed by atoms with Crippen LogP contribution in [0.25, 0.3) is 6.08 Å². The van der Waals surface area contributed by atoms with Gasteiger partial charge in [-0.05, 0) is 51.8 Å². The van der Waals surface area contributed by atoms with Crippen molar-refractivity contribution >= 4 is 61.9 Å². The predicted octanol–water partition coefficient (Wildman–Crippen LogP) is 4.30. The van der Waals surface area contributed by atoms with Crippen molar-refractivity contribution in [2.75, 3.05) is 18.8 Å². The Bertz CT molecular complexity index is 1010. The normalized spacial score (nSPS) is 17.1. The van der Waals surface area contributed by atoms with Crippen molar-refractivity contribution in [3.8, 4) is 23.0 Å². The molecule has 1 N–H and O–H groups in total. The molecule has 1 amide bonds. The van der Waals surface area contributed by atoms with E-state index < -0.39 is 0 Å². The molecule has 27 heavy (non-hydrogen) atoms. The van der Waals surface area contributed by atoms with Crippen LogP contribution >= 0.6 is 39.9 Å². The smallest absolute Gasteiger partial charge is 0.270 e. The number of fused-ring (bicyclic) bond motifs is 1. The van der Waals surface area contributed by atoms with E-state index in [2.05, 4.69) is 15.9 Å². The van der Waals surface area contributed by atoms with Crippen molar-refractivity contribution in [2.24, 2.45) is 0 Å². The molecule has 0 spiro atoms. The van der Waals surface area contributed by atoms with Crippen molar-refractivity contribution in [1.82, 2.24) is 0 Å². The number of thiocarbonyl (C=S) groups is 1. The number of hydrogen-bond acceptors (Lipinski definition) is 7. The third-order valence-corrected chi connectivity index (χ3v) is 5.88. The van der Waals surface area contributed by atoms with Crippen LogP contribution < -0.4 is 19.1 Å². The number of nitrogens with zero attached hydrogens (tertiary/aromatic N) is 1. The summed E-state index contributed by atoms with van der Waals surface area (Å²) in [4.78, 5) is 14.8. The number of amides is 1. The zero-order valence-corrected chi connectivity index (χ0v) is 17.1. The fraction of sp³-hybridized carbons (Fsp3) is 0.111. The summed E-state index contributed by atoms with van der Waals surface area (Å²) in [5.74, 6) is 1.30. The Morgan fingerprint density at radius 2 is 2.07 bits per heavy atom. The Labute approximate surface area is 172 Å². The Morgan fingerprint density at radius 1 is 1.30 bits per heavy atom. The van der Waals surface area contributed by atoms with Gasteiger partial charge in [-0.2, -0.15) is 0 Å². The molecule has 2 aromatic rings. The number of thioether (sulfide) groups is 1. The number of carbonyl (C=O) groups is 1. The van der Waals surface area contributed by atoms with Gasteiger partial charge in [0, 0.05) is 6.07 Å². The zero-order chi connectivity index (χ0) is 19.1. The number of ether oxygens (including phenoxy) is 3. The molecule has 0 saturated carbocycles. The number of anilines is 1. The number of rotatable bonds is 3. The van der Waals surface area contributed by atoms with Crippen LogP contribution in [-0.2, 0) is 4.79 Å². The summed E-state index contributed by atoms with van der Waals surface area (Å²) in [6.45, 7) is 0.161. The number of phenols is 1. The van der Waals surface area contributed by atoms with Gasteiger partial charge in [-0.25, -0.2) is 0 Å². The Morgan fingerprint density at radius 3 is 2.85 bits per heavy atom. The van der Waals surface area contributed by atoms with Crippen LogP contribution in [0.1, 0.15) is 5.56 Å². The topological polar surface area (TPSA) is 68.2 Å². The highest BCUT2D eigenvalue weighted by Crippen LogP contribution is 2.42. The van der Waals surface area contributed by atoms with Crippen LogP contribution in [0.4, 0.5) is 5.69 Å². The van der Waals surface area contributed by atoms with E-state index >= 15 is 0 Å². The summed E-state index contributed by atoms with van der Waals surface area (Å²) in [6, 6.07) is 8.59. The maximum Gasteiger partial charge on any atom is 0.270 e. The van der Waals surface area contributed by atoms with Gasteiger partial charge in [0.05, 0.1) is 22.2 Å². The molecule has 0 bridgehead atoms. The standard InChI is InChI=1S/C18H12BrNO5S2/c1-23-14-5-9(4-11(19)16(14)21)6-15-17(22)20(18(26)27-15)10-2-3-12-13(7-10)25-8-24-12/h2-7,21H,8H2,1H3/b15-6-. The Balaban J connectivity index is 1.67. The summed E-state index contributed by atoms with van der Waals surface area (Å²) in [5, 5.41) is 9.93. The summed E-state index contributed by atoms with van der Waals surface area (Å²) in [7, 11) is 1.46. The third-order valence-electron chi connectivity index (χ3n) is 3.98. The largest absolute Gasteiger partial charge is 0.503 e. The summed E-state index contributed by atoms with van der Waals surface area (Å²) < 4.78 is 16.7. The second kappa shape index (κ2) is 7.06. The van der Waals surface area contributed by atoms with Crippen LogP contribution in [0.15, 0.2) is 39.7 Å². The van der Waals surface area contributed by atoms with E-state index in [9.17, 15) is 9.90 Å². The first-order valence-corrected chi connectivity index (χ1v) is 9.74. The number of hydrogen-bond donors (Lipinski definition) is 1. The van der Waals surface area contributed by atoms with Gasteiger partial charge in [0.25, 0.3) is 5.91 Å². The molecule has 138 valence electrons. The van der Waals surface area contributed by atoms with E-state index in [0.29, 0.717) is 42.2 Å². The van der Waals surface area contributed by atoms with Crippen LogP contribution in [0.3, 0.4) is 0 Å². The summed E-state index contributed by atoms with van der Waals surface area (Å²) >= 11 is 9.88. The van der Waals surface area contributed by atoms with Gasteiger partial charge >= 0.3 is 0 Å². The van der Waals surface area contributed by atoms with Gasteiger partial charge in [-0.1, -0.05) is 24.0 Å². The second-order valence-electron chi connectivity index (χ2n) is 5.61. The molecule has 1 saturated heterocycles. The summed E-state index contributed by atoms with van der Waals surface area (Å²) in [6.07, 6.45) is 1.71. The van der Waals surface area contributed by atoms with Crippen molar-refractivity contribution in [3.63, 3.8) is 0 Å². The van der Waals surface area contributed by atoms with E-state index in [0.717, 1.165) is 0 Å². The van der Waals surface area contributed by atoms with Crippen LogP contribution in [0.2, 0.25) is 0 Å². The molecule has 0 unspecified atom stereocenters. The number of phenolic OH excluding ortho intramolecular Hbond substituents is 1. The van der Waals surface area contributed by atoms with Crippen molar-refractivity contribution in [2.45, 2.75) is 0 Å². The highest BCUT2D eigenvalue weighted by atomic mass is 79.9. The fourth-order valence-corrected chi connectivity index (χ4v) is 4.46. The minimum absolute atomic E-state index is 0.00237. The molecule has 4 rings (SSSR count). The Kier molecular flexibility index (Phi) is 4.75. The van der Waals surface area contributed by atoms with Gasteiger partial charge in [0.15, 0.2) is 27.3 Å². The predicted molar refractivity (Wildman–Crippen MR) is 111 cm³/mol. The number of methoxy groups -OCH3 is 1. The van der Waals surface area contributed by atoms with Gasteiger partial charge in [-0.3, -0.25) is 9.69 Å². The van der Waals surface area contributed by atoms with Gasteiger partial charge in [-0.15, -0.1) is 0 Å². The minimum atomic E-state index is -0.230. The van der Waals surface area contributed by atoms with Gasteiger partial charge in [0.2, 0.25) is 6.79 Å². The maximum absolute atomic E-state index is 12.9. The number of halogens is 1. The van der Waals surface area contributed by atoms with Crippen molar-refractivity contribution in [3.05, 3.63) is 45.3 Å². The van der Waals surface area contributed by atoms with Crippen LogP contribution in [0.5, 0.6) is 23.0 Å². The molecular weight excluding hydrogens is 454 g/mol. The number of carbonyl (C=O) groups excluding carboxylic acids is 1. The highest BCUT2D eigenvalue weighted by Gasteiger charge is 2.34. The van der Waals surface area contributed by atoms with Crippen molar-refractivity contribution < 1.29 is 24.1 Å². The van der Waals surface area contributed by atoms with E-state index in [4.69, 9.17) is 26.4 Å². The third kappa shape index (κ3) is 3.26. The molecule has 0 aliphatic carbocycles. The fourth-order valence-electron chi connectivity index (χ4n) is 2.70. The van der Waals surface area contributed by atoms with Crippen molar-refractivity contribution in [1.29, 1.82) is 0 Å². The highest BCUT2D eigenvalue weighted by molar-refractivity contribution is 9.10. The molecule has 0 radical (unpaired) electrons. The number of aromatic hydroxyl groups is 1. The van der Waals surface area contributed by atoms with E-state index in [1.807, 2.05) is 0 Å². The van der Waals surface area contributed by atoms with E-state index in [1.54, 1.807) is 36.4 Å². The molecule has 1 fully saturated rings. The van der Waals surface area contributed by atoms with E-state index in [1.165, 1.54) is 23.8 Å². The first-order valence-electron chi connectivity index (χ1n) is 7.72. The molecule has 0 aromatic heterocycles. The summed E-state index contributed by atoms with van der Waals surface area (Å²) in [5.41, 5.74) is 1.32. The first-order chi connectivity index (χ1) is 13.0. The lowest BCUT2D eigenvalue weighted by Gasteiger charge is -2.14. The number of benzene rings is 2. The lowest BCUT2D eigenvalue weighted by atomic mass is 10.2. The average molecular weight is 466 g/mol. The van der Waals surface area contributed by atoms with Gasteiger partial charge in [0.1, 0.15) is 0 Å². The van der Waals surface area contributed by atoms with E-state index in [-0.39, 0.29) is 18.4 Å². The van der Waals surface area contributed by atoms with Crippen LogP contribution in [-0.4, -0.2) is 29.2 Å². The van der Waals surface area contributed by atoms with Crippen LogP contribution in [0, 0.1) is 0 Å². The quantitative estimate of drug-likeness (QED) is 0.535. The maximum atomic E-state index is 12.9. The van der Waals surface area contributed by atoms with Gasteiger partial charge < -0.3 is 19.3 Å². The molecule has 0 atom stereocenters. The second-order valence-corrected chi connectivity index (χ2v) is 8.14. The first kappa shape index (κ1) is 18.1. The lowest BCUT2D eigenvalue weighted by molar-refractivity contribution is -0.113. The Hall–Kier alpha value is -2.23. The molecular formula is C18H12BrNO5S2. The minimum Gasteiger partial charge on any atom is -0.503 e. The monoisotopic (exact) mass is 465 g/mol. The molecule has 2 heterocycles.